The van der Waals surface area contributed by atoms with E-state index in [1.54, 1.807) is 13.4 Å². The number of aromatic nitrogens is 4. The minimum atomic E-state index is -0.0213. The zero-order chi connectivity index (χ0) is 27.0. The summed E-state index contributed by atoms with van der Waals surface area (Å²) in [4.78, 5) is 37.1. The zero-order valence-electron chi connectivity index (χ0n) is 22.6. The fourth-order valence-corrected chi connectivity index (χ4v) is 4.90. The van der Waals surface area contributed by atoms with Crippen LogP contribution < -0.4 is 24.6 Å². The van der Waals surface area contributed by atoms with Crippen LogP contribution in [0.15, 0.2) is 49.1 Å². The number of amides is 1. The van der Waals surface area contributed by atoms with Crippen molar-refractivity contribution in [3.05, 3.63) is 49.1 Å². The van der Waals surface area contributed by atoms with Crippen molar-refractivity contribution in [2.24, 2.45) is 5.92 Å². The molecule has 4 heterocycles. The van der Waals surface area contributed by atoms with Gasteiger partial charge in [0.25, 0.3) is 0 Å². The molecule has 2 aliphatic heterocycles. The molecule has 0 radical (unpaired) electrons. The summed E-state index contributed by atoms with van der Waals surface area (Å²) in [5.74, 6) is 3.14. The Balaban J connectivity index is 1.05. The first-order chi connectivity index (χ1) is 19.1. The van der Waals surface area contributed by atoms with Crippen LogP contribution in [0.4, 0.5) is 11.6 Å². The van der Waals surface area contributed by atoms with Gasteiger partial charge in [0, 0.05) is 62.9 Å². The molecule has 0 atom stereocenters. The highest BCUT2D eigenvalue weighted by Crippen LogP contribution is 2.26. The van der Waals surface area contributed by atoms with Crippen molar-refractivity contribution in [2.45, 2.75) is 12.8 Å². The normalized spacial score (nSPS) is 16.7. The van der Waals surface area contributed by atoms with Gasteiger partial charge in [-0.2, -0.15) is 0 Å². The van der Waals surface area contributed by atoms with Gasteiger partial charge in [0.15, 0.2) is 0 Å². The monoisotopic (exact) mass is 532 g/mol. The van der Waals surface area contributed by atoms with Crippen molar-refractivity contribution in [3.63, 3.8) is 0 Å². The van der Waals surface area contributed by atoms with Gasteiger partial charge >= 0.3 is 0 Å². The molecule has 2 saturated heterocycles. The lowest BCUT2D eigenvalue weighted by Gasteiger charge is -2.33. The quantitative estimate of drug-likeness (QED) is 0.412. The van der Waals surface area contributed by atoms with Crippen molar-refractivity contribution in [1.82, 2.24) is 30.2 Å². The van der Waals surface area contributed by atoms with E-state index in [1.165, 1.54) is 6.33 Å². The second-order valence-electron chi connectivity index (χ2n) is 9.90. The molecule has 3 aromatic rings. The number of hydrogen-bond acceptors (Lipinski definition) is 10. The van der Waals surface area contributed by atoms with Gasteiger partial charge in [-0.15, -0.1) is 0 Å². The Morgan fingerprint density at radius 1 is 0.897 bits per heavy atom. The van der Waals surface area contributed by atoms with Crippen molar-refractivity contribution < 1.29 is 14.3 Å². The molecule has 11 nitrogen and oxygen atoms in total. The summed E-state index contributed by atoms with van der Waals surface area (Å²) >= 11 is 0. The number of benzene rings is 1. The molecule has 11 heteroatoms. The van der Waals surface area contributed by atoms with Crippen LogP contribution in [-0.2, 0) is 4.79 Å². The van der Waals surface area contributed by atoms with Crippen molar-refractivity contribution in [3.8, 4) is 22.9 Å². The van der Waals surface area contributed by atoms with E-state index in [0.717, 1.165) is 80.8 Å². The Bertz CT molecular complexity index is 1230. The molecule has 5 rings (SSSR count). The van der Waals surface area contributed by atoms with E-state index in [4.69, 9.17) is 9.47 Å². The molecular weight excluding hydrogens is 496 g/mol. The summed E-state index contributed by atoms with van der Waals surface area (Å²) in [6.07, 6.45) is 4.68. The maximum Gasteiger partial charge on any atom is 0.223 e. The minimum Gasteiger partial charge on any atom is -0.497 e. The predicted octanol–water partition coefficient (Wildman–Crippen LogP) is 2.11. The van der Waals surface area contributed by atoms with Gasteiger partial charge in [-0.3, -0.25) is 4.79 Å². The lowest BCUT2D eigenvalue weighted by atomic mass is 9.96. The number of carbonyl (C=O) groups excluding carboxylic acids is 1. The highest BCUT2D eigenvalue weighted by molar-refractivity contribution is 5.79. The zero-order valence-corrected chi connectivity index (χ0v) is 22.6. The third-order valence-electron chi connectivity index (χ3n) is 7.33. The maximum atomic E-state index is 12.8. The van der Waals surface area contributed by atoms with Crippen LogP contribution in [0.2, 0.25) is 0 Å². The fraction of sp³-hybridized carbons (Fsp3) is 0.464. The first-order valence-electron chi connectivity index (χ1n) is 13.5. The molecule has 0 saturated carbocycles. The van der Waals surface area contributed by atoms with Crippen LogP contribution in [0.1, 0.15) is 12.8 Å². The number of piperidine rings is 1. The van der Waals surface area contributed by atoms with Gasteiger partial charge in [0.2, 0.25) is 11.8 Å². The van der Waals surface area contributed by atoms with Crippen LogP contribution in [-0.4, -0.2) is 97.3 Å². The summed E-state index contributed by atoms with van der Waals surface area (Å²) in [5, 5.41) is 3.02. The second-order valence-corrected chi connectivity index (χ2v) is 9.90. The maximum absolute atomic E-state index is 12.8. The SMILES string of the molecule is COc1ccc(-c2cc(N3CCC(C(=O)NCCOc4cc(N5CCN(C)CC5)ncn4)CC3)ncn2)cc1. The first kappa shape index (κ1) is 26.6. The number of anilines is 2. The highest BCUT2D eigenvalue weighted by Gasteiger charge is 2.25. The van der Waals surface area contributed by atoms with Crippen LogP contribution in [0, 0.1) is 5.92 Å². The molecule has 206 valence electrons. The van der Waals surface area contributed by atoms with Gasteiger partial charge in [0.05, 0.1) is 19.3 Å². The Hall–Kier alpha value is -3.99. The van der Waals surface area contributed by atoms with E-state index in [0.29, 0.717) is 19.0 Å². The van der Waals surface area contributed by atoms with Crippen LogP contribution in [0.5, 0.6) is 11.6 Å². The number of nitrogens with one attached hydrogen (secondary N) is 1. The highest BCUT2D eigenvalue weighted by atomic mass is 16.5. The summed E-state index contributed by atoms with van der Waals surface area (Å²) in [6.45, 7) is 6.21. The van der Waals surface area contributed by atoms with Gasteiger partial charge in [-0.25, -0.2) is 19.9 Å². The van der Waals surface area contributed by atoms with Gasteiger partial charge < -0.3 is 29.5 Å². The van der Waals surface area contributed by atoms with E-state index in [9.17, 15) is 4.79 Å². The lowest BCUT2D eigenvalue weighted by Crippen LogP contribution is -2.44. The number of methoxy groups -OCH3 is 1. The van der Waals surface area contributed by atoms with Crippen molar-refractivity contribution in [1.29, 1.82) is 0 Å². The van der Waals surface area contributed by atoms with Crippen molar-refractivity contribution >= 4 is 17.5 Å². The molecule has 0 unspecified atom stereocenters. The average Bonchev–Trinajstić information content (AvgIpc) is 3.00. The largest absolute Gasteiger partial charge is 0.497 e. The number of ether oxygens (including phenoxy) is 2. The van der Waals surface area contributed by atoms with E-state index in [-0.39, 0.29) is 11.8 Å². The number of piperazine rings is 1. The molecule has 0 spiro atoms. The average molecular weight is 533 g/mol. The first-order valence-corrected chi connectivity index (χ1v) is 13.5. The van der Waals surface area contributed by atoms with E-state index >= 15 is 0 Å². The Labute approximate surface area is 229 Å². The molecule has 2 fully saturated rings. The topological polar surface area (TPSA) is 109 Å². The number of likely N-dealkylation sites (N-methyl/N-ethyl adjacent to an activating group) is 1. The Morgan fingerprint density at radius 2 is 1.56 bits per heavy atom. The standard InChI is InChI=1S/C28H36N8O3/c1-34-12-14-36(15-13-34)26-18-27(33-20-32-26)39-16-9-29-28(37)22-7-10-35(11-8-22)25-17-24(30-19-31-25)21-3-5-23(38-2)6-4-21/h3-6,17-20,22H,7-16H2,1-2H3,(H,29,37). The summed E-state index contributed by atoms with van der Waals surface area (Å²) in [5.41, 5.74) is 1.87. The Morgan fingerprint density at radius 3 is 2.28 bits per heavy atom. The third-order valence-corrected chi connectivity index (χ3v) is 7.33. The number of rotatable bonds is 9. The predicted molar refractivity (Wildman–Crippen MR) is 149 cm³/mol. The van der Waals surface area contributed by atoms with Crippen molar-refractivity contribution in [2.75, 3.05) is 76.4 Å². The van der Waals surface area contributed by atoms with Gasteiger partial charge in [0.1, 0.15) is 36.6 Å². The van der Waals surface area contributed by atoms with E-state index in [2.05, 4.69) is 47.0 Å². The summed E-state index contributed by atoms with van der Waals surface area (Å²) in [7, 11) is 3.78. The molecule has 1 aromatic carbocycles. The van der Waals surface area contributed by atoms with Crippen LogP contribution in [0.3, 0.4) is 0 Å². The Kier molecular flexibility index (Phi) is 8.67. The van der Waals surface area contributed by atoms with Gasteiger partial charge in [-0.05, 0) is 44.2 Å². The molecule has 2 aromatic heterocycles. The second kappa shape index (κ2) is 12.7. The summed E-state index contributed by atoms with van der Waals surface area (Å²) in [6, 6.07) is 11.7. The third kappa shape index (κ3) is 6.91. The number of hydrogen-bond donors (Lipinski definition) is 1. The smallest absolute Gasteiger partial charge is 0.223 e. The summed E-state index contributed by atoms with van der Waals surface area (Å²) < 4.78 is 11.0. The number of carbonyl (C=O) groups is 1. The minimum absolute atomic E-state index is 0.0213. The molecule has 1 N–H and O–H groups in total. The van der Waals surface area contributed by atoms with Crippen LogP contribution >= 0.6 is 0 Å². The molecular formula is C28H36N8O3. The molecule has 0 bridgehead atoms. The fourth-order valence-electron chi connectivity index (χ4n) is 4.90. The van der Waals surface area contributed by atoms with Gasteiger partial charge in [-0.1, -0.05) is 0 Å². The van der Waals surface area contributed by atoms with E-state index in [1.807, 2.05) is 36.4 Å². The molecule has 2 aliphatic rings. The molecule has 0 aliphatic carbocycles. The number of nitrogens with zero attached hydrogens (tertiary/aromatic N) is 7. The molecule has 39 heavy (non-hydrogen) atoms. The van der Waals surface area contributed by atoms with Crippen LogP contribution in [0.25, 0.3) is 11.3 Å². The van der Waals surface area contributed by atoms with E-state index < -0.39 is 0 Å². The lowest BCUT2D eigenvalue weighted by molar-refractivity contribution is -0.125. The molecule has 1 amide bonds.